The van der Waals surface area contributed by atoms with E-state index >= 15 is 0 Å². The van der Waals surface area contributed by atoms with Gasteiger partial charge in [0.2, 0.25) is 5.91 Å². The van der Waals surface area contributed by atoms with E-state index in [2.05, 4.69) is 4.74 Å². The van der Waals surface area contributed by atoms with Gasteiger partial charge in [-0.1, -0.05) is 24.3 Å². The predicted octanol–water partition coefficient (Wildman–Crippen LogP) is 3.28. The Morgan fingerprint density at radius 3 is 2.47 bits per heavy atom. The quantitative estimate of drug-likeness (QED) is 0.526. The molecule has 4 rings (SSSR count). The van der Waals surface area contributed by atoms with Crippen molar-refractivity contribution in [2.45, 2.75) is 71.5 Å². The Labute approximate surface area is 221 Å². The molecule has 10 heteroatoms. The molecule has 2 heterocycles. The first-order valence-corrected chi connectivity index (χ1v) is 12.5. The molecule has 0 aliphatic carbocycles. The summed E-state index contributed by atoms with van der Waals surface area (Å²) in [6.45, 7) is 6.88. The van der Waals surface area contributed by atoms with Crippen molar-refractivity contribution in [3.05, 3.63) is 64.2 Å². The first-order chi connectivity index (χ1) is 18.0. The highest BCUT2D eigenvalue weighted by atomic mass is 16.6. The summed E-state index contributed by atoms with van der Waals surface area (Å²) in [6.07, 6.45) is -0.300. The summed E-state index contributed by atoms with van der Waals surface area (Å²) in [5.41, 5.74) is 9.13. The van der Waals surface area contributed by atoms with Crippen molar-refractivity contribution < 1.29 is 33.4 Å². The molecule has 2 aromatic rings. The number of primary amides is 1. The molecule has 0 spiro atoms. The smallest absolute Gasteiger partial charge is 0.410 e. The van der Waals surface area contributed by atoms with Crippen molar-refractivity contribution in [2.24, 2.45) is 5.73 Å². The van der Waals surface area contributed by atoms with Gasteiger partial charge in [-0.2, -0.15) is 0 Å². The fourth-order valence-electron chi connectivity index (χ4n) is 4.68. The number of nitrogens with two attached hydrogens (primary N) is 1. The molecular weight excluding hydrogens is 490 g/mol. The number of hydrogen-bond donors (Lipinski definition) is 1. The van der Waals surface area contributed by atoms with Gasteiger partial charge >= 0.3 is 12.1 Å². The van der Waals surface area contributed by atoms with E-state index in [4.69, 9.17) is 15.2 Å². The van der Waals surface area contributed by atoms with Crippen molar-refractivity contribution in [1.29, 1.82) is 0 Å². The molecule has 0 radical (unpaired) electrons. The van der Waals surface area contributed by atoms with Crippen LogP contribution < -0.4 is 10.5 Å². The molecule has 2 aromatic carbocycles. The number of hydrogen-bond acceptors (Lipinski definition) is 7. The molecule has 10 nitrogen and oxygen atoms in total. The van der Waals surface area contributed by atoms with Crippen LogP contribution in [0.1, 0.15) is 66.2 Å². The van der Waals surface area contributed by atoms with Crippen LogP contribution in [0, 0.1) is 0 Å². The second kappa shape index (κ2) is 10.7. The first-order valence-electron chi connectivity index (χ1n) is 12.5. The first kappa shape index (κ1) is 27.0. The number of amides is 3. The van der Waals surface area contributed by atoms with Crippen LogP contribution in [0.2, 0.25) is 0 Å². The van der Waals surface area contributed by atoms with Crippen molar-refractivity contribution in [1.82, 2.24) is 9.80 Å². The van der Waals surface area contributed by atoms with Gasteiger partial charge in [-0.05, 0) is 56.0 Å². The molecule has 3 amide bonds. The highest BCUT2D eigenvalue weighted by molar-refractivity contribution is 6.01. The van der Waals surface area contributed by atoms with Gasteiger partial charge in [0.15, 0.2) is 0 Å². The third kappa shape index (κ3) is 5.90. The second-order valence-electron chi connectivity index (χ2n) is 10.5. The van der Waals surface area contributed by atoms with Crippen molar-refractivity contribution in [2.75, 3.05) is 7.11 Å². The molecule has 2 aliphatic heterocycles. The van der Waals surface area contributed by atoms with Crippen molar-refractivity contribution in [3.63, 3.8) is 0 Å². The molecule has 1 unspecified atom stereocenters. The second-order valence-corrected chi connectivity index (χ2v) is 10.5. The van der Waals surface area contributed by atoms with Crippen LogP contribution in [0.3, 0.4) is 0 Å². The summed E-state index contributed by atoms with van der Waals surface area (Å²) in [6, 6.07) is 10.2. The van der Waals surface area contributed by atoms with Crippen LogP contribution in [0.4, 0.5) is 4.79 Å². The topological polar surface area (TPSA) is 128 Å². The van der Waals surface area contributed by atoms with Crippen molar-refractivity contribution >= 4 is 23.9 Å². The molecule has 2 N–H and O–H groups in total. The summed E-state index contributed by atoms with van der Waals surface area (Å²) >= 11 is 0. The number of rotatable bonds is 8. The van der Waals surface area contributed by atoms with Gasteiger partial charge in [-0.3, -0.25) is 19.3 Å². The molecule has 0 fully saturated rings. The van der Waals surface area contributed by atoms with E-state index in [1.165, 1.54) is 12.0 Å². The minimum Gasteiger partial charge on any atom is -0.489 e. The lowest BCUT2D eigenvalue weighted by Gasteiger charge is -2.24. The average molecular weight is 524 g/mol. The Kier molecular flexibility index (Phi) is 7.61. The van der Waals surface area contributed by atoms with E-state index in [-0.39, 0.29) is 38.0 Å². The fourth-order valence-corrected chi connectivity index (χ4v) is 4.68. The fraction of sp³-hybridized carbons (Fsp3) is 0.429. The standard InChI is InChI=1S/C28H33N3O7/c1-28(2,3)38-27(35)30-13-18-9-8-17(12-19(18)14-30)16-37-23-7-5-6-20-21(23)15-31(26(20)34)22(25(29)33)10-11-24(32)36-4/h5-9,12,22H,10-11,13-16H2,1-4H3,(H2,29,33). The number of carbonyl (C=O) groups is 4. The zero-order valence-electron chi connectivity index (χ0n) is 22.1. The molecule has 0 aromatic heterocycles. The van der Waals surface area contributed by atoms with Gasteiger partial charge in [0.25, 0.3) is 5.91 Å². The zero-order chi connectivity index (χ0) is 27.6. The van der Waals surface area contributed by atoms with Gasteiger partial charge in [-0.15, -0.1) is 0 Å². The van der Waals surface area contributed by atoms with Gasteiger partial charge in [0, 0.05) is 30.6 Å². The largest absolute Gasteiger partial charge is 0.489 e. The van der Waals surface area contributed by atoms with E-state index in [1.54, 1.807) is 23.1 Å². The summed E-state index contributed by atoms with van der Waals surface area (Å²) in [4.78, 5) is 52.3. The Morgan fingerprint density at radius 2 is 1.79 bits per heavy atom. The highest BCUT2D eigenvalue weighted by Gasteiger charge is 2.37. The maximum Gasteiger partial charge on any atom is 0.410 e. The summed E-state index contributed by atoms with van der Waals surface area (Å²) in [5, 5.41) is 0. The predicted molar refractivity (Wildman–Crippen MR) is 137 cm³/mol. The summed E-state index contributed by atoms with van der Waals surface area (Å²) < 4.78 is 16.3. The summed E-state index contributed by atoms with van der Waals surface area (Å²) in [7, 11) is 1.26. The van der Waals surface area contributed by atoms with Crippen LogP contribution >= 0.6 is 0 Å². The molecule has 0 saturated heterocycles. The summed E-state index contributed by atoms with van der Waals surface area (Å²) in [5.74, 6) is -0.964. The molecule has 0 bridgehead atoms. The van der Waals surface area contributed by atoms with Gasteiger partial charge < -0.3 is 24.8 Å². The van der Waals surface area contributed by atoms with E-state index in [1.807, 2.05) is 39.0 Å². The van der Waals surface area contributed by atoms with Crippen LogP contribution in [-0.2, 0) is 45.3 Å². The molecule has 38 heavy (non-hydrogen) atoms. The molecular formula is C28H33N3O7. The molecule has 1 atom stereocenters. The number of ether oxygens (including phenoxy) is 3. The number of fused-ring (bicyclic) bond motifs is 2. The van der Waals surface area contributed by atoms with E-state index in [0.29, 0.717) is 30.0 Å². The van der Waals surface area contributed by atoms with Crippen LogP contribution in [0.15, 0.2) is 36.4 Å². The lowest BCUT2D eigenvalue weighted by molar-refractivity contribution is -0.141. The lowest BCUT2D eigenvalue weighted by atomic mass is 10.1. The van der Waals surface area contributed by atoms with E-state index < -0.39 is 23.5 Å². The van der Waals surface area contributed by atoms with Gasteiger partial charge in [0.1, 0.15) is 24.0 Å². The number of benzene rings is 2. The molecule has 2 aliphatic rings. The minimum atomic E-state index is -0.938. The monoisotopic (exact) mass is 523 g/mol. The number of carbonyl (C=O) groups excluding carboxylic acids is 4. The van der Waals surface area contributed by atoms with Crippen LogP contribution in [-0.4, -0.2) is 52.4 Å². The maximum absolute atomic E-state index is 13.1. The SMILES string of the molecule is COC(=O)CCC(C(N)=O)N1Cc2c(OCc3ccc4c(c3)CN(C(=O)OC(C)(C)C)C4)cccc2C1=O. The van der Waals surface area contributed by atoms with Gasteiger partial charge in [-0.25, -0.2) is 4.79 Å². The van der Waals surface area contributed by atoms with E-state index in [0.717, 1.165) is 16.7 Å². The normalized spacial score (nSPS) is 15.1. The van der Waals surface area contributed by atoms with Crippen LogP contribution in [0.25, 0.3) is 0 Å². The lowest BCUT2D eigenvalue weighted by Crippen LogP contribution is -2.45. The molecule has 202 valence electrons. The molecule has 0 saturated carbocycles. The Bertz CT molecular complexity index is 1270. The number of nitrogens with zero attached hydrogens (tertiary/aromatic N) is 2. The van der Waals surface area contributed by atoms with Gasteiger partial charge in [0.05, 0.1) is 13.7 Å². The van der Waals surface area contributed by atoms with E-state index in [9.17, 15) is 19.2 Å². The van der Waals surface area contributed by atoms with Crippen LogP contribution in [0.5, 0.6) is 5.75 Å². The minimum absolute atomic E-state index is 0.0305. The average Bonchev–Trinajstić information content (AvgIpc) is 3.43. The number of esters is 1. The Balaban J connectivity index is 1.43. The third-order valence-electron chi connectivity index (χ3n) is 6.55. The Hall–Kier alpha value is -4.08. The third-order valence-corrected chi connectivity index (χ3v) is 6.55. The number of methoxy groups -OCH3 is 1. The van der Waals surface area contributed by atoms with Crippen molar-refractivity contribution in [3.8, 4) is 5.75 Å². The Morgan fingerprint density at radius 1 is 1.05 bits per heavy atom. The highest BCUT2D eigenvalue weighted by Crippen LogP contribution is 2.34. The zero-order valence-corrected chi connectivity index (χ0v) is 22.1. The maximum atomic E-state index is 13.1.